The lowest BCUT2D eigenvalue weighted by Gasteiger charge is -2.19. The van der Waals surface area contributed by atoms with Gasteiger partial charge in [-0.2, -0.15) is 0 Å². The molecule has 11 nitrogen and oxygen atoms in total. The second-order valence-corrected chi connectivity index (χ2v) is 13.2. The first kappa shape index (κ1) is 44.8. The molecule has 3 N–H and O–H groups in total. The van der Waals surface area contributed by atoms with Crippen molar-refractivity contribution < 1.29 is 47.2 Å². The van der Waals surface area contributed by atoms with Crippen molar-refractivity contribution >= 4 is 31.8 Å². The summed E-state index contributed by atoms with van der Waals surface area (Å²) in [6, 6.07) is 0. The van der Waals surface area contributed by atoms with Crippen molar-refractivity contribution in [1.29, 1.82) is 0 Å². The fraction of sp³-hybridized carbons (Fsp3) is 0.771. The van der Waals surface area contributed by atoms with Crippen molar-refractivity contribution in [2.24, 2.45) is 5.73 Å². The van der Waals surface area contributed by atoms with Crippen LogP contribution in [0.4, 0.5) is 0 Å². The molecule has 272 valence electrons. The van der Waals surface area contributed by atoms with E-state index in [1.54, 1.807) is 0 Å². The lowest BCUT2D eigenvalue weighted by molar-refractivity contribution is -0.161. The monoisotopic (exact) mass is 687 g/mol. The molecule has 0 bridgehead atoms. The average Bonchev–Trinajstić information content (AvgIpc) is 3.05. The van der Waals surface area contributed by atoms with E-state index in [1.165, 1.54) is 50.7 Å². The SMILES string of the molecule is CCCCCCCC/C=C\CCCCCCCC(=O)OC[C@H](COP(=O)(O)OCCN)OC(=O)CCCCCCCC(=O)/C=C/C=O. The van der Waals surface area contributed by atoms with Crippen molar-refractivity contribution in [2.45, 2.75) is 148 Å². The molecule has 0 saturated heterocycles. The van der Waals surface area contributed by atoms with Gasteiger partial charge in [-0.1, -0.05) is 89.7 Å². The summed E-state index contributed by atoms with van der Waals surface area (Å²) in [7, 11) is -4.41. The lowest BCUT2D eigenvalue weighted by Crippen LogP contribution is -2.29. The van der Waals surface area contributed by atoms with E-state index >= 15 is 0 Å². The molecule has 47 heavy (non-hydrogen) atoms. The molecular formula is C35H62NO10P. The molecule has 0 amide bonds. The van der Waals surface area contributed by atoms with Crippen molar-refractivity contribution in [3.05, 3.63) is 24.3 Å². The van der Waals surface area contributed by atoms with Crippen LogP contribution in [0.25, 0.3) is 0 Å². The molecule has 0 fully saturated rings. The summed E-state index contributed by atoms with van der Waals surface area (Å²) >= 11 is 0. The lowest BCUT2D eigenvalue weighted by atomic mass is 10.1. The quantitative estimate of drug-likeness (QED) is 0.0170. The zero-order valence-corrected chi connectivity index (χ0v) is 29.7. The first-order valence-corrected chi connectivity index (χ1v) is 19.2. The zero-order valence-electron chi connectivity index (χ0n) is 28.8. The van der Waals surface area contributed by atoms with E-state index in [4.69, 9.17) is 24.3 Å². The summed E-state index contributed by atoms with van der Waals surface area (Å²) in [5.41, 5.74) is 5.30. The van der Waals surface area contributed by atoms with Crippen LogP contribution in [-0.2, 0) is 42.3 Å². The Morgan fingerprint density at radius 2 is 1.26 bits per heavy atom. The number of carbonyl (C=O) groups excluding carboxylic acids is 4. The van der Waals surface area contributed by atoms with E-state index in [0.29, 0.717) is 32.0 Å². The third-order valence-corrected chi connectivity index (χ3v) is 8.32. The van der Waals surface area contributed by atoms with Crippen LogP contribution in [0.3, 0.4) is 0 Å². The topological polar surface area (TPSA) is 169 Å². The Kier molecular flexibility index (Phi) is 30.9. The fourth-order valence-corrected chi connectivity index (χ4v) is 5.44. The second-order valence-electron chi connectivity index (χ2n) is 11.7. The maximum Gasteiger partial charge on any atom is 0.472 e. The normalized spacial score (nSPS) is 13.5. The highest BCUT2D eigenvalue weighted by Gasteiger charge is 2.25. The second kappa shape index (κ2) is 32.4. The summed E-state index contributed by atoms with van der Waals surface area (Å²) in [5, 5.41) is 0. The van der Waals surface area contributed by atoms with E-state index in [-0.39, 0.29) is 38.4 Å². The Labute approximate surface area is 283 Å². The number of aldehydes is 1. The third-order valence-electron chi connectivity index (χ3n) is 7.33. The molecule has 0 heterocycles. The maximum atomic E-state index is 12.4. The number of carbonyl (C=O) groups is 4. The van der Waals surface area contributed by atoms with Crippen LogP contribution in [0.1, 0.15) is 142 Å². The van der Waals surface area contributed by atoms with Crippen molar-refractivity contribution in [1.82, 2.24) is 0 Å². The summed E-state index contributed by atoms with van der Waals surface area (Å²) < 4.78 is 32.4. The predicted octanol–water partition coefficient (Wildman–Crippen LogP) is 7.63. The van der Waals surface area contributed by atoms with E-state index in [9.17, 15) is 28.6 Å². The van der Waals surface area contributed by atoms with Crippen LogP contribution < -0.4 is 5.73 Å². The highest BCUT2D eigenvalue weighted by atomic mass is 31.2. The number of ketones is 1. The predicted molar refractivity (Wildman–Crippen MR) is 184 cm³/mol. The number of nitrogens with two attached hydrogens (primary N) is 1. The minimum absolute atomic E-state index is 0.0216. The third kappa shape index (κ3) is 32.2. The molecule has 0 saturated carbocycles. The van der Waals surface area contributed by atoms with Gasteiger partial charge >= 0.3 is 19.8 Å². The van der Waals surface area contributed by atoms with Gasteiger partial charge < -0.3 is 20.1 Å². The number of esters is 2. The molecule has 1 unspecified atom stereocenters. The molecular weight excluding hydrogens is 625 g/mol. The number of allylic oxidation sites excluding steroid dienone is 4. The zero-order chi connectivity index (χ0) is 34.9. The molecule has 0 aromatic rings. The molecule has 12 heteroatoms. The molecule has 0 aliphatic heterocycles. The number of phosphoric acid groups is 1. The van der Waals surface area contributed by atoms with Gasteiger partial charge in [-0.3, -0.25) is 28.2 Å². The summed E-state index contributed by atoms with van der Waals surface area (Å²) in [5.74, 6) is -1.07. The van der Waals surface area contributed by atoms with E-state index in [2.05, 4.69) is 19.1 Å². The number of unbranched alkanes of at least 4 members (excludes halogenated alkanes) is 15. The minimum atomic E-state index is -4.41. The smallest absolute Gasteiger partial charge is 0.462 e. The van der Waals surface area contributed by atoms with Crippen LogP contribution in [0, 0.1) is 0 Å². The van der Waals surface area contributed by atoms with Crippen molar-refractivity contribution in [3.63, 3.8) is 0 Å². The van der Waals surface area contributed by atoms with Gasteiger partial charge in [0.25, 0.3) is 0 Å². The van der Waals surface area contributed by atoms with Crippen LogP contribution >= 0.6 is 7.82 Å². The minimum Gasteiger partial charge on any atom is -0.462 e. The molecule has 0 aliphatic carbocycles. The van der Waals surface area contributed by atoms with Crippen molar-refractivity contribution in [3.8, 4) is 0 Å². The van der Waals surface area contributed by atoms with Crippen molar-refractivity contribution in [2.75, 3.05) is 26.4 Å². The molecule has 2 atom stereocenters. The van der Waals surface area contributed by atoms with E-state index in [1.807, 2.05) is 0 Å². The van der Waals surface area contributed by atoms with Gasteiger partial charge in [0.2, 0.25) is 0 Å². The molecule has 0 radical (unpaired) electrons. The number of hydrogen-bond acceptors (Lipinski definition) is 10. The van der Waals surface area contributed by atoms with Crippen LogP contribution in [0.5, 0.6) is 0 Å². The molecule has 0 aromatic carbocycles. The van der Waals surface area contributed by atoms with E-state index in [0.717, 1.165) is 57.8 Å². The average molecular weight is 688 g/mol. The van der Waals surface area contributed by atoms with Crippen LogP contribution in [0.2, 0.25) is 0 Å². The Morgan fingerprint density at radius 3 is 1.83 bits per heavy atom. The van der Waals surface area contributed by atoms with E-state index < -0.39 is 32.5 Å². The first-order chi connectivity index (χ1) is 22.7. The Morgan fingerprint density at radius 1 is 0.723 bits per heavy atom. The number of hydrogen-bond donors (Lipinski definition) is 2. The van der Waals surface area contributed by atoms with Crippen LogP contribution in [-0.4, -0.2) is 61.4 Å². The molecule has 0 rings (SSSR count). The molecule has 0 spiro atoms. The number of rotatable bonds is 34. The van der Waals surface area contributed by atoms with Gasteiger partial charge in [-0.05, 0) is 57.1 Å². The Hall–Kier alpha value is -2.17. The Balaban J connectivity index is 4.28. The van der Waals surface area contributed by atoms with Crippen LogP contribution in [0.15, 0.2) is 24.3 Å². The van der Waals surface area contributed by atoms with Gasteiger partial charge in [0.1, 0.15) is 12.9 Å². The molecule has 0 aliphatic rings. The Bertz CT molecular complexity index is 924. The summed E-state index contributed by atoms with van der Waals surface area (Å²) in [4.78, 5) is 56.3. The largest absolute Gasteiger partial charge is 0.472 e. The first-order valence-electron chi connectivity index (χ1n) is 17.7. The van der Waals surface area contributed by atoms with Gasteiger partial charge in [0, 0.05) is 25.8 Å². The van der Waals surface area contributed by atoms with Gasteiger partial charge in [-0.25, -0.2) is 4.57 Å². The highest BCUT2D eigenvalue weighted by Crippen LogP contribution is 2.43. The summed E-state index contributed by atoms with van der Waals surface area (Å²) in [6.07, 6.45) is 25.9. The number of phosphoric ester groups is 1. The standard InChI is InChI=1S/C35H62NO10P/c1-2-3-4-5-6-7-8-9-10-11-12-13-14-17-20-25-34(39)43-30-33(31-45-47(41,42)44-29-27-36)46-35(40)26-21-18-15-16-19-23-32(38)24-22-28-37/h9-10,22,24,28,33H,2-8,11-21,23,25-27,29-31,36H2,1H3,(H,41,42)/b10-9-,24-22+/t33-/m1/s1. The fourth-order valence-electron chi connectivity index (χ4n) is 4.67. The summed E-state index contributed by atoms with van der Waals surface area (Å²) in [6.45, 7) is 1.27. The van der Waals surface area contributed by atoms with Gasteiger partial charge in [0.15, 0.2) is 11.9 Å². The van der Waals surface area contributed by atoms with Gasteiger partial charge in [-0.15, -0.1) is 0 Å². The molecule has 0 aromatic heterocycles. The van der Waals surface area contributed by atoms with Gasteiger partial charge in [0.05, 0.1) is 13.2 Å². The number of ether oxygens (including phenoxy) is 2. The maximum absolute atomic E-state index is 12.4. The highest BCUT2D eigenvalue weighted by molar-refractivity contribution is 7.47.